The third-order valence-corrected chi connectivity index (χ3v) is 3.52. The Balaban J connectivity index is 2.00. The van der Waals surface area contributed by atoms with Gasteiger partial charge in [-0.05, 0) is 19.1 Å². The lowest BCUT2D eigenvalue weighted by molar-refractivity contribution is 0.0461. The van der Waals surface area contributed by atoms with Gasteiger partial charge in [0, 0.05) is 5.38 Å². The molecule has 3 rings (SSSR count). The van der Waals surface area contributed by atoms with Crippen molar-refractivity contribution in [2.45, 2.75) is 6.92 Å². The smallest absolute Gasteiger partial charge is 0.327 e. The maximum Gasteiger partial charge on any atom is 0.327 e. The van der Waals surface area contributed by atoms with Crippen molar-refractivity contribution in [2.75, 3.05) is 5.01 Å². The molecule has 0 amide bonds. The van der Waals surface area contributed by atoms with Crippen LogP contribution in [0.2, 0.25) is 0 Å². The first-order valence-electron chi connectivity index (χ1n) is 5.75. The van der Waals surface area contributed by atoms with Crippen LogP contribution in [0.3, 0.4) is 0 Å². The largest absolute Gasteiger partial charge is 0.478 e. The van der Waals surface area contributed by atoms with Crippen LogP contribution in [0.5, 0.6) is 0 Å². The number of aryl methyl sites for hydroxylation is 1. The fourth-order valence-electron chi connectivity index (χ4n) is 1.80. The molecule has 0 atom stereocenters. The zero-order chi connectivity index (χ0) is 14.1. The van der Waals surface area contributed by atoms with Crippen LogP contribution in [0.1, 0.15) is 11.3 Å². The van der Waals surface area contributed by atoms with Crippen molar-refractivity contribution in [1.82, 2.24) is 10.6 Å². The Hall–Kier alpha value is -2.45. The Morgan fingerprint density at radius 2 is 2.15 bits per heavy atom. The SMILES string of the molecule is Cc1ccc(N2NOC(O)=C2c2csc(N=N)n2)cc1. The first kappa shape index (κ1) is 12.6. The molecule has 0 bridgehead atoms. The molecule has 8 heteroatoms. The van der Waals surface area contributed by atoms with Crippen molar-refractivity contribution in [3.05, 3.63) is 46.8 Å². The molecule has 0 aliphatic carbocycles. The van der Waals surface area contributed by atoms with Gasteiger partial charge in [-0.25, -0.2) is 15.5 Å². The summed E-state index contributed by atoms with van der Waals surface area (Å²) in [6.07, 6.45) is 0. The fraction of sp³-hybridized carbons (Fsp3) is 0.0833. The summed E-state index contributed by atoms with van der Waals surface area (Å²) in [6, 6.07) is 7.70. The minimum Gasteiger partial charge on any atom is -0.478 e. The lowest BCUT2D eigenvalue weighted by Gasteiger charge is -2.17. The average Bonchev–Trinajstić information content (AvgIpc) is 3.06. The lowest BCUT2D eigenvalue weighted by atomic mass is 10.2. The number of rotatable bonds is 3. The second-order valence-corrected chi connectivity index (χ2v) is 4.98. The molecule has 7 nitrogen and oxygen atoms in total. The first-order valence-corrected chi connectivity index (χ1v) is 6.63. The van der Waals surface area contributed by atoms with Gasteiger partial charge in [-0.2, -0.15) is 0 Å². The van der Waals surface area contributed by atoms with E-state index in [1.165, 1.54) is 11.3 Å². The molecule has 1 aliphatic rings. The number of aromatic nitrogens is 1. The number of benzene rings is 1. The number of thiazole rings is 1. The zero-order valence-corrected chi connectivity index (χ0v) is 11.3. The van der Waals surface area contributed by atoms with E-state index in [9.17, 15) is 5.11 Å². The third kappa shape index (κ3) is 2.10. The quantitative estimate of drug-likeness (QED) is 0.754. The van der Waals surface area contributed by atoms with Crippen molar-refractivity contribution in [2.24, 2.45) is 5.11 Å². The van der Waals surface area contributed by atoms with Crippen LogP contribution in [-0.4, -0.2) is 10.1 Å². The summed E-state index contributed by atoms with van der Waals surface area (Å²) >= 11 is 1.22. The van der Waals surface area contributed by atoms with Crippen LogP contribution in [0.25, 0.3) is 5.70 Å². The highest BCUT2D eigenvalue weighted by Gasteiger charge is 2.29. The maximum atomic E-state index is 9.85. The molecule has 3 N–H and O–H groups in total. The minimum absolute atomic E-state index is 0.271. The molecule has 2 aromatic rings. The Labute approximate surface area is 118 Å². The topological polar surface area (TPSA) is 93.8 Å². The van der Waals surface area contributed by atoms with Gasteiger partial charge in [0.1, 0.15) is 5.69 Å². The highest BCUT2D eigenvalue weighted by molar-refractivity contribution is 7.13. The number of nitrogens with one attached hydrogen (secondary N) is 2. The predicted octanol–water partition coefficient (Wildman–Crippen LogP) is 3.25. The first-order chi connectivity index (χ1) is 9.69. The van der Waals surface area contributed by atoms with Gasteiger partial charge in [0.05, 0.1) is 5.69 Å². The molecule has 0 fully saturated rings. The molecule has 0 radical (unpaired) electrons. The monoisotopic (exact) mass is 289 g/mol. The van der Waals surface area contributed by atoms with E-state index < -0.39 is 0 Å². The van der Waals surface area contributed by atoms with E-state index in [0.717, 1.165) is 11.3 Å². The molecule has 0 saturated heterocycles. The van der Waals surface area contributed by atoms with Crippen molar-refractivity contribution >= 4 is 27.9 Å². The van der Waals surface area contributed by atoms with Crippen molar-refractivity contribution < 1.29 is 9.94 Å². The Morgan fingerprint density at radius 3 is 2.80 bits per heavy atom. The standard InChI is InChI=1S/C12H11N5O2S/c1-7-2-4-8(5-3-7)17-10(11(18)19-16-17)9-6-20-12(14-9)15-13/h2-6,13,16,18H,1H3. The second kappa shape index (κ2) is 4.91. The molecule has 2 heterocycles. The van der Waals surface area contributed by atoms with E-state index >= 15 is 0 Å². The Bertz CT molecular complexity index is 679. The molecule has 1 aliphatic heterocycles. The van der Waals surface area contributed by atoms with Crippen LogP contribution in [-0.2, 0) is 4.84 Å². The number of hydrogen-bond donors (Lipinski definition) is 3. The Kier molecular flexibility index (Phi) is 3.09. The van der Waals surface area contributed by atoms with Crippen LogP contribution < -0.4 is 10.6 Å². The number of hydrogen-bond acceptors (Lipinski definition) is 8. The van der Waals surface area contributed by atoms with Crippen LogP contribution in [0, 0.1) is 12.5 Å². The molecular formula is C12H11N5O2S. The zero-order valence-electron chi connectivity index (χ0n) is 10.5. The summed E-state index contributed by atoms with van der Waals surface area (Å²) in [5.74, 6) is -0.271. The van der Waals surface area contributed by atoms with Crippen molar-refractivity contribution in [3.63, 3.8) is 0 Å². The summed E-state index contributed by atoms with van der Waals surface area (Å²) < 4.78 is 0. The maximum absolute atomic E-state index is 9.85. The highest BCUT2D eigenvalue weighted by atomic mass is 32.1. The summed E-state index contributed by atoms with van der Waals surface area (Å²) in [7, 11) is 0. The average molecular weight is 289 g/mol. The van der Waals surface area contributed by atoms with Gasteiger partial charge in [0.25, 0.3) is 0 Å². The number of aliphatic hydroxyl groups excluding tert-OH is 1. The van der Waals surface area contributed by atoms with Gasteiger partial charge in [-0.3, -0.25) is 0 Å². The summed E-state index contributed by atoms with van der Waals surface area (Å²) in [5.41, 5.74) is 12.4. The van der Waals surface area contributed by atoms with Crippen LogP contribution in [0.15, 0.2) is 40.7 Å². The van der Waals surface area contributed by atoms with Gasteiger partial charge in [-0.15, -0.1) is 16.5 Å². The molecule has 0 unspecified atom stereocenters. The van der Waals surface area contributed by atoms with E-state index in [4.69, 9.17) is 10.4 Å². The summed E-state index contributed by atoms with van der Waals surface area (Å²) in [5, 5.41) is 16.7. The van der Waals surface area contributed by atoms with E-state index in [1.807, 2.05) is 31.2 Å². The highest BCUT2D eigenvalue weighted by Crippen LogP contribution is 2.33. The predicted molar refractivity (Wildman–Crippen MR) is 74.3 cm³/mol. The van der Waals surface area contributed by atoms with E-state index in [0.29, 0.717) is 16.5 Å². The molecule has 1 aromatic heterocycles. The molecule has 0 saturated carbocycles. The molecule has 1 aromatic carbocycles. The van der Waals surface area contributed by atoms with Gasteiger partial charge in [0.15, 0.2) is 5.70 Å². The van der Waals surface area contributed by atoms with E-state index in [2.05, 4.69) is 15.7 Å². The lowest BCUT2D eigenvalue weighted by Crippen LogP contribution is -2.30. The van der Waals surface area contributed by atoms with Gasteiger partial charge >= 0.3 is 5.95 Å². The second-order valence-electron chi connectivity index (χ2n) is 4.15. The molecule has 102 valence electrons. The van der Waals surface area contributed by atoms with E-state index in [-0.39, 0.29) is 5.95 Å². The van der Waals surface area contributed by atoms with Crippen LogP contribution in [0.4, 0.5) is 10.8 Å². The van der Waals surface area contributed by atoms with Gasteiger partial charge in [0.2, 0.25) is 5.13 Å². The van der Waals surface area contributed by atoms with Crippen molar-refractivity contribution in [3.8, 4) is 0 Å². The fourth-order valence-corrected chi connectivity index (χ4v) is 2.39. The Morgan fingerprint density at radius 1 is 1.40 bits per heavy atom. The molecular weight excluding hydrogens is 278 g/mol. The molecule has 20 heavy (non-hydrogen) atoms. The van der Waals surface area contributed by atoms with Crippen molar-refractivity contribution in [1.29, 1.82) is 5.53 Å². The van der Waals surface area contributed by atoms with Crippen LogP contribution >= 0.6 is 11.3 Å². The minimum atomic E-state index is -0.271. The van der Waals surface area contributed by atoms with Gasteiger partial charge < -0.3 is 9.94 Å². The number of nitrogens with zero attached hydrogens (tertiary/aromatic N) is 3. The normalized spacial score (nSPS) is 14.6. The number of aliphatic hydroxyl groups is 1. The number of anilines is 1. The summed E-state index contributed by atoms with van der Waals surface area (Å²) in [6.45, 7) is 1.99. The van der Waals surface area contributed by atoms with Gasteiger partial charge in [-0.1, -0.05) is 23.3 Å². The summed E-state index contributed by atoms with van der Waals surface area (Å²) in [4.78, 5) is 9.10. The molecule has 0 spiro atoms. The number of hydrazine groups is 1. The van der Waals surface area contributed by atoms with E-state index in [1.54, 1.807) is 10.4 Å². The third-order valence-electron chi connectivity index (χ3n) is 2.78.